The van der Waals surface area contributed by atoms with Crippen LogP contribution >= 0.6 is 11.6 Å². The molecule has 0 saturated carbocycles. The number of carbonyl (C=O) groups excluding carboxylic acids is 1. The van der Waals surface area contributed by atoms with Gasteiger partial charge in [0.15, 0.2) is 0 Å². The number of halogens is 1. The van der Waals surface area contributed by atoms with Crippen molar-refractivity contribution in [3.05, 3.63) is 22.3 Å². The first-order valence-electron chi connectivity index (χ1n) is 5.04. The third-order valence-electron chi connectivity index (χ3n) is 1.88. The number of hydrogen-bond acceptors (Lipinski definition) is 5. The van der Waals surface area contributed by atoms with Crippen LogP contribution in [0.25, 0.3) is 0 Å². The maximum Gasteiger partial charge on any atom is 0.341 e. The lowest BCUT2D eigenvalue weighted by Crippen LogP contribution is -2.26. The van der Waals surface area contributed by atoms with Gasteiger partial charge in [-0.15, -0.1) is 0 Å². The number of carbonyl (C=O) groups is 2. The number of anilines is 1. The SMILES string of the molecule is CC(C)(C)OC(=O)c1c(Cl)cnc(N)c1C(=O)O. The second-order valence-corrected chi connectivity index (χ2v) is 4.96. The maximum atomic E-state index is 11.9. The minimum atomic E-state index is -1.39. The van der Waals surface area contributed by atoms with E-state index in [1.54, 1.807) is 20.8 Å². The van der Waals surface area contributed by atoms with Crippen LogP contribution in [0.1, 0.15) is 41.5 Å². The summed E-state index contributed by atoms with van der Waals surface area (Å²) in [5.41, 5.74) is 3.93. The molecule has 0 radical (unpaired) electrons. The van der Waals surface area contributed by atoms with Crippen LogP contribution in [0.15, 0.2) is 6.20 Å². The van der Waals surface area contributed by atoms with Crippen molar-refractivity contribution >= 4 is 29.4 Å². The number of aromatic nitrogens is 1. The van der Waals surface area contributed by atoms with Crippen LogP contribution in [0.5, 0.6) is 0 Å². The highest BCUT2D eigenvalue weighted by Crippen LogP contribution is 2.25. The van der Waals surface area contributed by atoms with Crippen molar-refractivity contribution in [2.75, 3.05) is 5.73 Å². The molecule has 3 N–H and O–H groups in total. The summed E-state index contributed by atoms with van der Waals surface area (Å²) >= 11 is 5.79. The summed E-state index contributed by atoms with van der Waals surface area (Å²) in [7, 11) is 0. The zero-order chi connectivity index (χ0) is 14.1. The zero-order valence-corrected chi connectivity index (χ0v) is 10.9. The van der Waals surface area contributed by atoms with Crippen molar-refractivity contribution in [1.29, 1.82) is 0 Å². The first kappa shape index (κ1) is 14.2. The van der Waals surface area contributed by atoms with E-state index in [0.29, 0.717) is 0 Å². The molecule has 0 atom stereocenters. The number of carboxylic acids is 1. The molecule has 0 fully saturated rings. The number of nitrogens with two attached hydrogens (primary N) is 1. The van der Waals surface area contributed by atoms with Crippen molar-refractivity contribution in [3.63, 3.8) is 0 Å². The fourth-order valence-corrected chi connectivity index (χ4v) is 1.47. The summed E-state index contributed by atoms with van der Waals surface area (Å²) in [6.07, 6.45) is 1.11. The predicted octanol–water partition coefficient (Wildman–Crippen LogP) is 1.97. The van der Waals surface area contributed by atoms with Crippen LogP contribution in [0.4, 0.5) is 5.82 Å². The summed E-state index contributed by atoms with van der Waals surface area (Å²) in [5, 5.41) is 8.92. The zero-order valence-electron chi connectivity index (χ0n) is 10.2. The Kier molecular flexibility index (Phi) is 3.81. The van der Waals surface area contributed by atoms with Crippen LogP contribution in [0.2, 0.25) is 5.02 Å². The van der Waals surface area contributed by atoms with Gasteiger partial charge in [0.05, 0.1) is 10.6 Å². The van der Waals surface area contributed by atoms with Crippen molar-refractivity contribution in [2.24, 2.45) is 0 Å². The third kappa shape index (κ3) is 3.10. The van der Waals surface area contributed by atoms with Gasteiger partial charge >= 0.3 is 11.9 Å². The van der Waals surface area contributed by atoms with Gasteiger partial charge in [-0.2, -0.15) is 0 Å². The van der Waals surface area contributed by atoms with Gasteiger partial charge in [-0.1, -0.05) is 11.6 Å². The molecule has 0 aliphatic rings. The van der Waals surface area contributed by atoms with Gasteiger partial charge in [0, 0.05) is 6.20 Å². The number of rotatable bonds is 2. The van der Waals surface area contributed by atoms with E-state index < -0.39 is 23.1 Å². The van der Waals surface area contributed by atoms with Crippen LogP contribution in [0.3, 0.4) is 0 Å². The lowest BCUT2D eigenvalue weighted by Gasteiger charge is -2.20. The molecule has 0 saturated heterocycles. The molecule has 6 nitrogen and oxygen atoms in total. The Morgan fingerprint density at radius 2 is 1.94 bits per heavy atom. The molecular weight excluding hydrogens is 260 g/mol. The minimum Gasteiger partial charge on any atom is -0.478 e. The van der Waals surface area contributed by atoms with Gasteiger partial charge in [0.1, 0.15) is 17.0 Å². The highest BCUT2D eigenvalue weighted by Gasteiger charge is 2.28. The molecule has 0 bridgehead atoms. The smallest absolute Gasteiger partial charge is 0.341 e. The summed E-state index contributed by atoms with van der Waals surface area (Å²) in [6.45, 7) is 4.97. The molecule has 7 heteroatoms. The van der Waals surface area contributed by atoms with E-state index in [2.05, 4.69) is 4.98 Å². The Labute approximate surface area is 109 Å². The standard InChI is InChI=1S/C11H13ClN2O4/c1-11(2,3)18-10(17)6-5(12)4-14-8(13)7(6)9(15)16/h4H,1-3H3,(H2,13,14)(H,15,16). The van der Waals surface area contributed by atoms with E-state index in [1.165, 1.54) is 0 Å². The molecule has 0 spiro atoms. The average molecular weight is 273 g/mol. The lowest BCUT2D eigenvalue weighted by atomic mass is 10.1. The number of carboxylic acid groups (broad SMARTS) is 1. The Morgan fingerprint density at radius 1 is 1.39 bits per heavy atom. The first-order chi connectivity index (χ1) is 8.13. The largest absolute Gasteiger partial charge is 0.478 e. The molecule has 1 aromatic heterocycles. The molecule has 0 amide bonds. The van der Waals surface area contributed by atoms with E-state index >= 15 is 0 Å². The van der Waals surface area contributed by atoms with Crippen molar-refractivity contribution < 1.29 is 19.4 Å². The second kappa shape index (κ2) is 4.81. The number of ether oxygens (including phenoxy) is 1. The molecular formula is C11H13ClN2O4. The van der Waals surface area contributed by atoms with E-state index in [9.17, 15) is 9.59 Å². The van der Waals surface area contributed by atoms with E-state index in [1.807, 2.05) is 0 Å². The number of nitrogen functional groups attached to an aromatic ring is 1. The van der Waals surface area contributed by atoms with Crippen molar-refractivity contribution in [3.8, 4) is 0 Å². The normalized spacial score (nSPS) is 11.1. The van der Waals surface area contributed by atoms with E-state index in [-0.39, 0.29) is 16.4 Å². The summed E-state index contributed by atoms with van der Waals surface area (Å²) in [4.78, 5) is 26.6. The Hall–Kier alpha value is -1.82. The Morgan fingerprint density at radius 3 is 2.39 bits per heavy atom. The quantitative estimate of drug-likeness (QED) is 0.798. The lowest BCUT2D eigenvalue weighted by molar-refractivity contribution is 0.00660. The average Bonchev–Trinajstić information content (AvgIpc) is 2.17. The molecule has 1 heterocycles. The number of nitrogens with zero attached hydrogens (tertiary/aromatic N) is 1. The molecule has 0 aromatic carbocycles. The molecule has 1 aromatic rings. The van der Waals surface area contributed by atoms with Crippen molar-refractivity contribution in [2.45, 2.75) is 26.4 Å². The topological polar surface area (TPSA) is 103 Å². The highest BCUT2D eigenvalue weighted by atomic mass is 35.5. The molecule has 0 aliphatic heterocycles. The first-order valence-corrected chi connectivity index (χ1v) is 5.42. The van der Waals surface area contributed by atoms with Gasteiger partial charge in [0.2, 0.25) is 0 Å². The van der Waals surface area contributed by atoms with Gasteiger partial charge in [-0.25, -0.2) is 14.6 Å². The molecule has 18 heavy (non-hydrogen) atoms. The van der Waals surface area contributed by atoms with Crippen molar-refractivity contribution in [1.82, 2.24) is 4.98 Å². The van der Waals surface area contributed by atoms with Gasteiger partial charge in [0.25, 0.3) is 0 Å². The second-order valence-electron chi connectivity index (χ2n) is 4.55. The van der Waals surface area contributed by atoms with Gasteiger partial charge in [-0.3, -0.25) is 0 Å². The van der Waals surface area contributed by atoms with Crippen LogP contribution in [-0.2, 0) is 4.74 Å². The molecule has 0 unspecified atom stereocenters. The van der Waals surface area contributed by atoms with E-state index in [4.69, 9.17) is 27.2 Å². The number of esters is 1. The predicted molar refractivity (Wildman–Crippen MR) is 65.8 cm³/mol. The Balaban J connectivity index is 3.35. The summed E-state index contributed by atoms with van der Waals surface area (Å²) < 4.78 is 5.08. The Bertz CT molecular complexity index is 509. The maximum absolute atomic E-state index is 11.9. The number of pyridine rings is 1. The molecule has 1 rings (SSSR count). The van der Waals surface area contributed by atoms with Crippen LogP contribution in [-0.4, -0.2) is 27.6 Å². The van der Waals surface area contributed by atoms with Gasteiger partial charge in [-0.05, 0) is 20.8 Å². The summed E-state index contributed by atoms with van der Waals surface area (Å²) in [6, 6.07) is 0. The molecule has 0 aliphatic carbocycles. The molecule has 98 valence electrons. The third-order valence-corrected chi connectivity index (χ3v) is 2.17. The monoisotopic (exact) mass is 272 g/mol. The number of hydrogen-bond donors (Lipinski definition) is 2. The van der Waals surface area contributed by atoms with E-state index in [0.717, 1.165) is 6.20 Å². The fourth-order valence-electron chi connectivity index (χ4n) is 1.25. The minimum absolute atomic E-state index is 0.115. The van der Waals surface area contributed by atoms with Crippen LogP contribution in [0, 0.1) is 0 Å². The summed E-state index contributed by atoms with van der Waals surface area (Å²) in [5.74, 6) is -2.52. The van der Waals surface area contributed by atoms with Crippen LogP contribution < -0.4 is 5.73 Å². The number of aromatic carboxylic acids is 1. The van der Waals surface area contributed by atoms with Gasteiger partial charge < -0.3 is 15.6 Å². The fraction of sp³-hybridized carbons (Fsp3) is 0.364. The highest BCUT2D eigenvalue weighted by molar-refractivity contribution is 6.34.